The van der Waals surface area contributed by atoms with Gasteiger partial charge >= 0.3 is 0 Å². The minimum atomic E-state index is -0.974. The van der Waals surface area contributed by atoms with Gasteiger partial charge in [-0.3, -0.25) is 0 Å². The highest BCUT2D eigenvalue weighted by Crippen LogP contribution is 2.64. The number of hydrogen-bond donors (Lipinski definition) is 0. The predicted molar refractivity (Wildman–Crippen MR) is 87.9 cm³/mol. The molecule has 2 aliphatic rings. The topological polar surface area (TPSA) is 20.3 Å². The van der Waals surface area contributed by atoms with E-state index in [2.05, 4.69) is 59.2 Å². The van der Waals surface area contributed by atoms with Crippen LogP contribution >= 0.6 is 15.9 Å². The molecule has 4 heteroatoms. The van der Waals surface area contributed by atoms with E-state index in [0.29, 0.717) is 11.5 Å². The number of rotatable bonds is 2. The lowest BCUT2D eigenvalue weighted by atomic mass is 9.98. The highest BCUT2D eigenvalue weighted by molar-refractivity contribution is 9.10. The number of nitrogens with zero attached hydrogens (tertiary/aromatic N) is 1. The van der Waals surface area contributed by atoms with Crippen molar-refractivity contribution < 1.29 is 4.21 Å². The van der Waals surface area contributed by atoms with Gasteiger partial charge in [0.05, 0.1) is 10.8 Å². The quantitative estimate of drug-likeness (QED) is 0.777. The van der Waals surface area contributed by atoms with Crippen LogP contribution in [0.1, 0.15) is 50.8 Å². The third-order valence-corrected chi connectivity index (χ3v) is 6.84. The second-order valence-corrected chi connectivity index (χ2v) is 10.4. The third kappa shape index (κ3) is 2.30. The predicted octanol–water partition coefficient (Wildman–Crippen LogP) is 4.22. The van der Waals surface area contributed by atoms with Crippen molar-refractivity contribution in [2.75, 3.05) is 7.05 Å². The molecule has 0 N–H and O–H groups in total. The maximum absolute atomic E-state index is 12.8. The molecule has 0 aliphatic heterocycles. The summed E-state index contributed by atoms with van der Waals surface area (Å²) in [5, 5.41) is 0. The maximum Gasteiger partial charge on any atom is 0.100 e. The van der Waals surface area contributed by atoms with E-state index in [1.54, 1.807) is 0 Å². The minimum absolute atomic E-state index is 0.209. The summed E-state index contributed by atoms with van der Waals surface area (Å²) in [6, 6.07) is 6.88. The molecule has 0 saturated heterocycles. The van der Waals surface area contributed by atoms with Crippen molar-refractivity contribution in [3.8, 4) is 0 Å². The molecule has 0 amide bonds. The summed E-state index contributed by atoms with van der Waals surface area (Å²) >= 11 is 3.58. The standard InChI is InChI=1S/C16H22BrNOS/c1-15(2,3)20(19)18(4)14-13-9-12(17)6-5-11(13)10-16(14)7-8-16/h5-6,9,14H,7-8,10H2,1-4H3. The summed E-state index contributed by atoms with van der Waals surface area (Å²) in [4.78, 5) is 0. The SMILES string of the molecule is CN(C1c2cc(Br)ccc2CC12CC2)S(=O)C(C)(C)C. The number of hydrogen-bond acceptors (Lipinski definition) is 1. The molecule has 1 spiro atoms. The highest BCUT2D eigenvalue weighted by atomic mass is 79.9. The van der Waals surface area contributed by atoms with Gasteiger partial charge in [-0.1, -0.05) is 22.0 Å². The monoisotopic (exact) mass is 355 g/mol. The van der Waals surface area contributed by atoms with Gasteiger partial charge < -0.3 is 0 Å². The van der Waals surface area contributed by atoms with Gasteiger partial charge in [0.25, 0.3) is 0 Å². The Kier molecular flexibility index (Phi) is 3.43. The van der Waals surface area contributed by atoms with E-state index < -0.39 is 11.0 Å². The van der Waals surface area contributed by atoms with Crippen LogP contribution in [0.4, 0.5) is 0 Å². The first-order chi connectivity index (χ1) is 9.24. The first-order valence-electron chi connectivity index (χ1n) is 7.18. The van der Waals surface area contributed by atoms with E-state index in [1.807, 2.05) is 7.05 Å². The van der Waals surface area contributed by atoms with Gasteiger partial charge in [0, 0.05) is 11.5 Å². The van der Waals surface area contributed by atoms with Crippen molar-refractivity contribution >= 4 is 26.9 Å². The fourth-order valence-corrected chi connectivity index (χ4v) is 5.28. The molecule has 20 heavy (non-hydrogen) atoms. The second-order valence-electron chi connectivity index (χ2n) is 7.19. The molecule has 0 heterocycles. The Morgan fingerprint density at radius 2 is 2.00 bits per heavy atom. The zero-order valence-electron chi connectivity index (χ0n) is 12.6. The average molecular weight is 356 g/mol. The van der Waals surface area contributed by atoms with E-state index in [0.717, 1.165) is 10.9 Å². The molecule has 1 aromatic rings. The average Bonchev–Trinajstić information content (AvgIpc) is 3.02. The van der Waals surface area contributed by atoms with Gasteiger partial charge in [0.2, 0.25) is 0 Å². The molecular formula is C16H22BrNOS. The van der Waals surface area contributed by atoms with Gasteiger partial charge in [0.15, 0.2) is 0 Å². The molecule has 2 aliphatic carbocycles. The number of benzene rings is 1. The summed E-state index contributed by atoms with van der Waals surface area (Å²) in [5.74, 6) is 0. The molecular weight excluding hydrogens is 334 g/mol. The summed E-state index contributed by atoms with van der Waals surface area (Å²) in [7, 11) is 1.06. The van der Waals surface area contributed by atoms with E-state index in [1.165, 1.54) is 24.0 Å². The lowest BCUT2D eigenvalue weighted by molar-refractivity contribution is 0.279. The van der Waals surface area contributed by atoms with E-state index >= 15 is 0 Å². The lowest BCUT2D eigenvalue weighted by Crippen LogP contribution is -2.39. The Bertz CT molecular complexity index is 574. The number of halogens is 1. The molecule has 2 unspecified atom stereocenters. The molecule has 1 fully saturated rings. The lowest BCUT2D eigenvalue weighted by Gasteiger charge is -2.34. The van der Waals surface area contributed by atoms with Crippen molar-refractivity contribution in [3.63, 3.8) is 0 Å². The van der Waals surface area contributed by atoms with E-state index in [9.17, 15) is 4.21 Å². The van der Waals surface area contributed by atoms with Gasteiger partial charge in [-0.15, -0.1) is 0 Å². The fourth-order valence-electron chi connectivity index (χ4n) is 3.51. The molecule has 3 rings (SSSR count). The molecule has 0 aromatic heterocycles. The molecule has 1 aromatic carbocycles. The largest absolute Gasteiger partial charge is 0.242 e. The van der Waals surface area contributed by atoms with Crippen molar-refractivity contribution in [2.24, 2.45) is 5.41 Å². The number of fused-ring (bicyclic) bond motifs is 1. The van der Waals surface area contributed by atoms with Crippen molar-refractivity contribution in [1.29, 1.82) is 0 Å². The first-order valence-corrected chi connectivity index (χ1v) is 9.08. The van der Waals surface area contributed by atoms with Crippen molar-refractivity contribution in [1.82, 2.24) is 4.31 Å². The summed E-state index contributed by atoms with van der Waals surface area (Å²) in [5.41, 5.74) is 3.16. The summed E-state index contributed by atoms with van der Waals surface area (Å²) in [6.45, 7) is 6.15. The first kappa shape index (κ1) is 14.7. The van der Waals surface area contributed by atoms with Crippen LogP contribution in [0.2, 0.25) is 0 Å². The Morgan fingerprint density at radius 3 is 2.55 bits per heavy atom. The zero-order valence-corrected chi connectivity index (χ0v) is 15.0. The van der Waals surface area contributed by atoms with Gasteiger partial charge in [-0.2, -0.15) is 0 Å². The van der Waals surface area contributed by atoms with E-state index in [4.69, 9.17) is 0 Å². The van der Waals surface area contributed by atoms with Gasteiger partial charge in [-0.05, 0) is 68.7 Å². The van der Waals surface area contributed by atoms with Crippen LogP contribution in [-0.4, -0.2) is 20.3 Å². The van der Waals surface area contributed by atoms with Crippen LogP contribution < -0.4 is 0 Å². The summed E-state index contributed by atoms with van der Waals surface area (Å²) in [6.07, 6.45) is 3.66. The fraction of sp³-hybridized carbons (Fsp3) is 0.625. The molecule has 0 bridgehead atoms. The van der Waals surface area contributed by atoms with Crippen LogP contribution in [0.3, 0.4) is 0 Å². The smallest absolute Gasteiger partial charge is 0.100 e. The molecule has 2 atom stereocenters. The Morgan fingerprint density at radius 1 is 1.35 bits per heavy atom. The molecule has 0 radical (unpaired) electrons. The van der Waals surface area contributed by atoms with Crippen LogP contribution in [0.5, 0.6) is 0 Å². The maximum atomic E-state index is 12.8. The Labute approximate surface area is 132 Å². The minimum Gasteiger partial charge on any atom is -0.242 e. The molecule has 2 nitrogen and oxygen atoms in total. The zero-order chi connectivity index (χ0) is 14.7. The van der Waals surface area contributed by atoms with Gasteiger partial charge in [-0.25, -0.2) is 8.51 Å². The summed E-state index contributed by atoms with van der Waals surface area (Å²) < 4.78 is 15.8. The third-order valence-electron chi connectivity index (χ3n) is 4.57. The molecule has 1 saturated carbocycles. The second kappa shape index (κ2) is 4.65. The van der Waals surface area contributed by atoms with Crippen molar-refractivity contribution in [2.45, 2.75) is 50.8 Å². The van der Waals surface area contributed by atoms with E-state index in [-0.39, 0.29) is 4.75 Å². The highest BCUT2D eigenvalue weighted by Gasteiger charge is 2.57. The Balaban J connectivity index is 2.00. The molecule has 110 valence electrons. The normalized spacial score (nSPS) is 25.0. The van der Waals surface area contributed by atoms with Crippen LogP contribution in [0.25, 0.3) is 0 Å². The van der Waals surface area contributed by atoms with Gasteiger partial charge in [0.1, 0.15) is 11.0 Å². The van der Waals surface area contributed by atoms with Crippen LogP contribution in [0.15, 0.2) is 22.7 Å². The van der Waals surface area contributed by atoms with Crippen LogP contribution in [-0.2, 0) is 17.4 Å². The Hall–Kier alpha value is -0.190. The van der Waals surface area contributed by atoms with Crippen LogP contribution in [0, 0.1) is 5.41 Å². The van der Waals surface area contributed by atoms with Crippen molar-refractivity contribution in [3.05, 3.63) is 33.8 Å².